The average Bonchev–Trinajstić information content (AvgIpc) is 3.59. The fourth-order valence-electron chi connectivity index (χ4n) is 4.11. The lowest BCUT2D eigenvalue weighted by Gasteiger charge is -2.13. The Morgan fingerprint density at radius 1 is 1.18 bits per heavy atom. The molecule has 1 aromatic carbocycles. The van der Waals surface area contributed by atoms with Crippen LogP contribution < -0.4 is 16.1 Å². The number of hydrogen-bond acceptors (Lipinski definition) is 5. The quantitative estimate of drug-likeness (QED) is 0.515. The van der Waals surface area contributed by atoms with Crippen LogP contribution in [0, 0.1) is 5.82 Å². The Kier molecular flexibility index (Phi) is 5.91. The van der Waals surface area contributed by atoms with Crippen molar-refractivity contribution in [1.82, 2.24) is 24.5 Å². The van der Waals surface area contributed by atoms with E-state index in [1.165, 1.54) is 16.7 Å². The summed E-state index contributed by atoms with van der Waals surface area (Å²) in [4.78, 5) is 29.3. The van der Waals surface area contributed by atoms with Gasteiger partial charge in [-0.25, -0.2) is 14.1 Å². The summed E-state index contributed by atoms with van der Waals surface area (Å²) in [7, 11) is 0. The molecule has 3 aromatic rings. The molecule has 1 fully saturated rings. The molecular formula is C25H24FN5O3. The van der Waals surface area contributed by atoms with Gasteiger partial charge >= 0.3 is 5.97 Å². The van der Waals surface area contributed by atoms with Crippen molar-refractivity contribution in [2.24, 2.45) is 0 Å². The summed E-state index contributed by atoms with van der Waals surface area (Å²) in [6.45, 7) is 0. The molecule has 34 heavy (non-hydrogen) atoms. The van der Waals surface area contributed by atoms with Crippen LogP contribution >= 0.6 is 0 Å². The molecule has 1 atom stereocenters. The van der Waals surface area contributed by atoms with Crippen molar-refractivity contribution in [2.45, 2.75) is 50.5 Å². The molecule has 1 saturated carbocycles. The number of aryl methyl sites for hydroxylation is 1. The minimum Gasteiger partial charge on any atom is -0.481 e. The van der Waals surface area contributed by atoms with Crippen molar-refractivity contribution < 1.29 is 14.3 Å². The number of halogens is 1. The Hall–Kier alpha value is -3.88. The maximum Gasteiger partial charge on any atom is 0.303 e. The number of aromatic nitrogens is 5. The molecule has 2 aromatic heterocycles. The number of rotatable bonds is 8. The number of aliphatic carboxylic acids is 1. The zero-order chi connectivity index (χ0) is 23.7. The van der Waals surface area contributed by atoms with Gasteiger partial charge in [-0.05, 0) is 62.1 Å². The monoisotopic (exact) mass is 461 g/mol. The average molecular weight is 461 g/mol. The summed E-state index contributed by atoms with van der Waals surface area (Å²) < 4.78 is 16.8. The van der Waals surface area contributed by atoms with E-state index in [0.29, 0.717) is 47.3 Å². The molecule has 5 rings (SSSR count). The van der Waals surface area contributed by atoms with E-state index >= 15 is 0 Å². The smallest absolute Gasteiger partial charge is 0.303 e. The van der Waals surface area contributed by atoms with Crippen LogP contribution in [0.25, 0.3) is 17.8 Å². The second-order valence-electron chi connectivity index (χ2n) is 8.65. The first-order valence-corrected chi connectivity index (χ1v) is 11.4. The van der Waals surface area contributed by atoms with Gasteiger partial charge in [0.1, 0.15) is 11.6 Å². The van der Waals surface area contributed by atoms with Crippen LogP contribution in [0.4, 0.5) is 4.39 Å². The van der Waals surface area contributed by atoms with Crippen molar-refractivity contribution in [3.8, 4) is 5.69 Å². The SMILES string of the molecule is O=C(O)CCCCc1nc2c(c(=O)n1-c1ccc(F)cc1)=CC=CC(n1cc(C3CC3)nn1)C=2. The molecule has 174 valence electrons. The number of carboxylic acid groups (broad SMARTS) is 1. The van der Waals surface area contributed by atoms with Crippen molar-refractivity contribution >= 4 is 18.1 Å². The first-order chi connectivity index (χ1) is 16.5. The van der Waals surface area contributed by atoms with E-state index in [9.17, 15) is 14.0 Å². The van der Waals surface area contributed by atoms with E-state index in [2.05, 4.69) is 10.3 Å². The largest absolute Gasteiger partial charge is 0.481 e. The number of allylic oxidation sites excluding steroid dienone is 2. The molecule has 0 spiro atoms. The van der Waals surface area contributed by atoms with Crippen molar-refractivity contribution in [2.75, 3.05) is 0 Å². The molecule has 1 N–H and O–H groups in total. The molecule has 9 heteroatoms. The van der Waals surface area contributed by atoms with Crippen LogP contribution in [0.15, 0.2) is 47.4 Å². The lowest BCUT2D eigenvalue weighted by molar-refractivity contribution is -0.137. The van der Waals surface area contributed by atoms with Crippen LogP contribution in [0.5, 0.6) is 0 Å². The Morgan fingerprint density at radius 3 is 2.71 bits per heavy atom. The number of carbonyl (C=O) groups is 1. The third-order valence-corrected chi connectivity index (χ3v) is 6.07. The van der Waals surface area contributed by atoms with E-state index in [1.54, 1.807) is 22.9 Å². The minimum atomic E-state index is -0.860. The first-order valence-electron chi connectivity index (χ1n) is 11.4. The summed E-state index contributed by atoms with van der Waals surface area (Å²) in [5.41, 5.74) is 1.23. The second-order valence-corrected chi connectivity index (χ2v) is 8.65. The molecule has 0 bridgehead atoms. The van der Waals surface area contributed by atoms with Gasteiger partial charge in [-0.15, -0.1) is 5.10 Å². The van der Waals surface area contributed by atoms with Gasteiger partial charge in [0.05, 0.1) is 28.0 Å². The maximum atomic E-state index is 13.6. The Bertz CT molecular complexity index is 1430. The zero-order valence-corrected chi connectivity index (χ0v) is 18.5. The molecule has 0 saturated heterocycles. The predicted molar refractivity (Wildman–Crippen MR) is 123 cm³/mol. The van der Waals surface area contributed by atoms with Gasteiger partial charge < -0.3 is 5.11 Å². The molecule has 8 nitrogen and oxygen atoms in total. The maximum absolute atomic E-state index is 13.6. The minimum absolute atomic E-state index is 0.0489. The van der Waals surface area contributed by atoms with Crippen molar-refractivity contribution in [3.05, 3.63) is 80.9 Å². The number of unbranched alkanes of at least 4 members (excludes halogenated alkanes) is 1. The van der Waals surface area contributed by atoms with E-state index in [-0.39, 0.29) is 18.0 Å². The third-order valence-electron chi connectivity index (χ3n) is 6.07. The van der Waals surface area contributed by atoms with Crippen LogP contribution in [0.1, 0.15) is 55.6 Å². The Morgan fingerprint density at radius 2 is 1.97 bits per heavy atom. The molecular weight excluding hydrogens is 437 g/mol. The van der Waals surface area contributed by atoms with E-state index in [4.69, 9.17) is 10.1 Å². The van der Waals surface area contributed by atoms with E-state index in [0.717, 1.165) is 18.5 Å². The summed E-state index contributed by atoms with van der Waals surface area (Å²) in [5, 5.41) is 18.5. The molecule has 0 radical (unpaired) electrons. The van der Waals surface area contributed by atoms with Crippen LogP contribution in [-0.4, -0.2) is 35.6 Å². The van der Waals surface area contributed by atoms with E-state index < -0.39 is 11.8 Å². The lowest BCUT2D eigenvalue weighted by Crippen LogP contribution is -2.48. The molecule has 1 unspecified atom stereocenters. The Balaban J connectivity index is 1.58. The van der Waals surface area contributed by atoms with Crippen molar-refractivity contribution in [3.63, 3.8) is 0 Å². The van der Waals surface area contributed by atoms with Crippen molar-refractivity contribution in [1.29, 1.82) is 0 Å². The number of hydrogen-bond donors (Lipinski definition) is 1. The normalized spacial score (nSPS) is 16.9. The number of carboxylic acids is 1. The van der Waals surface area contributed by atoms with Gasteiger partial charge in [0, 0.05) is 25.0 Å². The predicted octanol–water partition coefficient (Wildman–Crippen LogP) is 2.01. The van der Waals surface area contributed by atoms with Gasteiger partial charge in [0.25, 0.3) is 5.56 Å². The standard InChI is InChI=1S/C25H24FN5O3/c26-17-10-12-18(13-11-17)31-23(6-1-2-7-24(32)33)27-21-14-19(4-3-5-20(21)25(31)34)30-15-22(28-29-30)16-8-9-16/h3-5,10-16,19H,1-2,6-9H2,(H,32,33). The highest BCUT2D eigenvalue weighted by Gasteiger charge is 2.27. The number of fused-ring (bicyclic) bond motifs is 1. The number of benzene rings is 1. The van der Waals surface area contributed by atoms with Gasteiger partial charge in [-0.2, -0.15) is 0 Å². The molecule has 2 aliphatic carbocycles. The molecule has 0 aliphatic heterocycles. The van der Waals surface area contributed by atoms with E-state index in [1.807, 2.05) is 24.4 Å². The van der Waals surface area contributed by atoms with Gasteiger partial charge in [-0.1, -0.05) is 17.4 Å². The summed E-state index contributed by atoms with van der Waals surface area (Å²) in [6, 6.07) is 5.44. The zero-order valence-electron chi connectivity index (χ0n) is 18.5. The summed E-state index contributed by atoms with van der Waals surface area (Å²) in [5.74, 6) is -0.267. The van der Waals surface area contributed by atoms with Crippen LogP contribution in [-0.2, 0) is 11.2 Å². The fourth-order valence-corrected chi connectivity index (χ4v) is 4.11. The summed E-state index contributed by atoms with van der Waals surface area (Å²) in [6.07, 6.45) is 13.1. The molecule has 2 aliphatic rings. The third kappa shape index (κ3) is 4.59. The topological polar surface area (TPSA) is 103 Å². The second kappa shape index (κ2) is 9.17. The van der Waals surface area contributed by atoms with Gasteiger partial charge in [-0.3, -0.25) is 14.2 Å². The highest BCUT2D eigenvalue weighted by atomic mass is 19.1. The molecule has 0 amide bonds. The van der Waals surface area contributed by atoms with Crippen LogP contribution in [0.2, 0.25) is 0 Å². The summed E-state index contributed by atoms with van der Waals surface area (Å²) >= 11 is 0. The highest BCUT2D eigenvalue weighted by molar-refractivity contribution is 5.66. The van der Waals surface area contributed by atoms with Gasteiger partial charge in [0.15, 0.2) is 0 Å². The first kappa shape index (κ1) is 21.9. The fraction of sp³-hybridized carbons (Fsp3) is 0.320. The van der Waals surface area contributed by atoms with Crippen LogP contribution in [0.3, 0.4) is 0 Å². The molecule has 2 heterocycles. The Labute approximate surface area is 194 Å². The van der Waals surface area contributed by atoms with Gasteiger partial charge in [0.2, 0.25) is 0 Å². The lowest BCUT2D eigenvalue weighted by atomic mass is 10.1. The highest BCUT2D eigenvalue weighted by Crippen LogP contribution is 2.38. The number of nitrogens with zero attached hydrogens (tertiary/aromatic N) is 5.